The lowest BCUT2D eigenvalue weighted by Gasteiger charge is -2.12. The number of halogens is 1. The van der Waals surface area contributed by atoms with Crippen molar-refractivity contribution in [3.8, 4) is 0 Å². The molecule has 0 fully saturated rings. The first-order valence-electron chi connectivity index (χ1n) is 3.99. The van der Waals surface area contributed by atoms with Gasteiger partial charge in [-0.05, 0) is 19.4 Å². The Morgan fingerprint density at radius 2 is 2.54 bits per heavy atom. The molecule has 1 aromatic heterocycles. The second kappa shape index (κ2) is 4.28. The molecule has 0 saturated heterocycles. The highest BCUT2D eigenvalue weighted by Crippen LogP contribution is 2.02. The summed E-state index contributed by atoms with van der Waals surface area (Å²) in [5.41, 5.74) is 1.06. The lowest BCUT2D eigenvalue weighted by atomic mass is 10.4. The van der Waals surface area contributed by atoms with Crippen LogP contribution in [0.2, 0.25) is 0 Å². The predicted molar refractivity (Wildman–Crippen MR) is 50.5 cm³/mol. The highest BCUT2D eigenvalue weighted by molar-refractivity contribution is 6.27. The Labute approximate surface area is 81.9 Å². The zero-order valence-corrected chi connectivity index (χ0v) is 8.38. The van der Waals surface area contributed by atoms with Crippen LogP contribution in [0, 0.1) is 6.92 Å². The number of hydrogen-bond donors (Lipinski definition) is 1. The van der Waals surface area contributed by atoms with Gasteiger partial charge in [0.1, 0.15) is 12.0 Å². The number of amides is 1. The van der Waals surface area contributed by atoms with Crippen LogP contribution in [0.4, 0.5) is 0 Å². The molecule has 1 unspecified atom stereocenters. The van der Waals surface area contributed by atoms with Crippen LogP contribution in [0.15, 0.2) is 12.4 Å². The van der Waals surface area contributed by atoms with E-state index in [-0.39, 0.29) is 18.0 Å². The summed E-state index contributed by atoms with van der Waals surface area (Å²) in [6.45, 7) is 3.79. The van der Waals surface area contributed by atoms with Crippen molar-refractivity contribution in [1.29, 1.82) is 0 Å². The molecule has 0 bridgehead atoms. The van der Waals surface area contributed by atoms with E-state index in [0.717, 1.165) is 5.56 Å². The van der Waals surface area contributed by atoms with Crippen molar-refractivity contribution < 1.29 is 4.79 Å². The van der Waals surface area contributed by atoms with Crippen LogP contribution in [0.25, 0.3) is 0 Å². The van der Waals surface area contributed by atoms with E-state index in [9.17, 15) is 4.79 Å². The van der Waals surface area contributed by atoms with E-state index >= 15 is 0 Å². The van der Waals surface area contributed by atoms with Crippen molar-refractivity contribution in [2.24, 2.45) is 0 Å². The van der Waals surface area contributed by atoms with Crippen LogP contribution >= 0.6 is 11.6 Å². The summed E-state index contributed by atoms with van der Waals surface area (Å²) in [5, 5.41) is 6.75. The normalized spacial score (nSPS) is 12.5. The van der Waals surface area contributed by atoms with E-state index < -0.39 is 0 Å². The average molecular weight is 202 g/mol. The maximum Gasteiger partial charge on any atom is 0.236 e. The lowest BCUT2D eigenvalue weighted by molar-refractivity contribution is -0.119. The minimum atomic E-state index is -0.192. The van der Waals surface area contributed by atoms with E-state index in [0.29, 0.717) is 0 Å². The van der Waals surface area contributed by atoms with Crippen LogP contribution in [0.5, 0.6) is 0 Å². The molecule has 0 saturated carbocycles. The Morgan fingerprint density at radius 3 is 3.00 bits per heavy atom. The van der Waals surface area contributed by atoms with Crippen molar-refractivity contribution in [3.63, 3.8) is 0 Å². The molecule has 1 aromatic rings. The van der Waals surface area contributed by atoms with E-state index in [4.69, 9.17) is 11.6 Å². The van der Waals surface area contributed by atoms with Gasteiger partial charge in [-0.1, -0.05) is 0 Å². The molecule has 0 aromatic carbocycles. The Balaban J connectivity index is 2.58. The molecule has 1 amide bonds. The first-order valence-corrected chi connectivity index (χ1v) is 4.53. The van der Waals surface area contributed by atoms with Crippen molar-refractivity contribution in [2.45, 2.75) is 20.0 Å². The van der Waals surface area contributed by atoms with Gasteiger partial charge in [-0.3, -0.25) is 9.48 Å². The Kier molecular flexibility index (Phi) is 3.31. The molecule has 1 heterocycles. The number of carbonyl (C=O) groups excluding carboxylic acids is 1. The maximum atomic E-state index is 10.9. The molecule has 0 spiro atoms. The molecule has 1 N–H and O–H groups in total. The van der Waals surface area contributed by atoms with Gasteiger partial charge in [0, 0.05) is 6.20 Å². The Morgan fingerprint density at radius 1 is 1.85 bits per heavy atom. The number of aromatic nitrogens is 2. The number of rotatable bonds is 3. The van der Waals surface area contributed by atoms with Gasteiger partial charge in [-0.2, -0.15) is 5.10 Å². The lowest BCUT2D eigenvalue weighted by Crippen LogP contribution is -2.31. The van der Waals surface area contributed by atoms with E-state index in [1.54, 1.807) is 10.9 Å². The third kappa shape index (κ3) is 2.73. The van der Waals surface area contributed by atoms with Crippen LogP contribution in [0.3, 0.4) is 0 Å². The summed E-state index contributed by atoms with van der Waals surface area (Å²) < 4.78 is 1.68. The van der Waals surface area contributed by atoms with Gasteiger partial charge >= 0.3 is 0 Å². The second-order valence-corrected chi connectivity index (χ2v) is 3.14. The van der Waals surface area contributed by atoms with Crippen molar-refractivity contribution in [3.05, 3.63) is 18.0 Å². The number of nitrogens with one attached hydrogen (secondary N) is 1. The average Bonchev–Trinajstić information content (AvgIpc) is 2.51. The summed E-state index contributed by atoms with van der Waals surface area (Å²) in [5.74, 6) is -0.216. The van der Waals surface area contributed by atoms with E-state index in [2.05, 4.69) is 10.4 Å². The highest BCUT2D eigenvalue weighted by atomic mass is 35.5. The monoisotopic (exact) mass is 201 g/mol. The molecule has 1 atom stereocenters. The summed E-state index contributed by atoms with van der Waals surface area (Å²) in [6.07, 6.45) is 3.45. The molecule has 1 rings (SSSR count). The molecular formula is C8H12ClN3O. The standard InChI is InChI=1S/C8H12ClN3O/c1-6-4-10-12(5-6)7(2)11-8(13)3-9/h4-5,7H,3H2,1-2H3,(H,11,13). The number of hydrogen-bond acceptors (Lipinski definition) is 2. The third-order valence-corrected chi connectivity index (χ3v) is 1.86. The van der Waals surface area contributed by atoms with Crippen molar-refractivity contribution in [1.82, 2.24) is 15.1 Å². The predicted octanol–water partition coefficient (Wildman–Crippen LogP) is 1.07. The van der Waals surface area contributed by atoms with Crippen molar-refractivity contribution >= 4 is 17.5 Å². The quantitative estimate of drug-likeness (QED) is 0.744. The topological polar surface area (TPSA) is 46.9 Å². The molecule has 0 aliphatic heterocycles. The van der Waals surface area contributed by atoms with Gasteiger partial charge in [-0.25, -0.2) is 0 Å². The molecule has 4 nitrogen and oxygen atoms in total. The summed E-state index contributed by atoms with van der Waals surface area (Å²) in [4.78, 5) is 10.9. The number of aryl methyl sites for hydroxylation is 1. The highest BCUT2D eigenvalue weighted by Gasteiger charge is 2.07. The van der Waals surface area contributed by atoms with E-state index in [1.807, 2.05) is 20.0 Å². The fourth-order valence-electron chi connectivity index (χ4n) is 0.983. The molecule has 0 aliphatic carbocycles. The minimum absolute atomic E-state index is 0.0232. The minimum Gasteiger partial charge on any atom is -0.333 e. The van der Waals surface area contributed by atoms with Crippen LogP contribution in [-0.4, -0.2) is 21.6 Å². The van der Waals surface area contributed by atoms with Crippen LogP contribution in [0.1, 0.15) is 18.7 Å². The number of carbonyl (C=O) groups is 1. The molecule has 13 heavy (non-hydrogen) atoms. The fourth-order valence-corrected chi connectivity index (χ4v) is 1.06. The Hall–Kier alpha value is -1.03. The number of alkyl halides is 1. The first-order chi connectivity index (χ1) is 6.13. The molecule has 0 radical (unpaired) electrons. The SMILES string of the molecule is Cc1cnn(C(C)NC(=O)CCl)c1. The summed E-state index contributed by atoms with van der Waals surface area (Å²) in [6, 6.07) is 0. The molecular weight excluding hydrogens is 190 g/mol. The third-order valence-electron chi connectivity index (χ3n) is 1.62. The molecule has 72 valence electrons. The first kappa shape index (κ1) is 10.1. The summed E-state index contributed by atoms with van der Waals surface area (Å²) in [7, 11) is 0. The number of nitrogens with zero attached hydrogens (tertiary/aromatic N) is 2. The van der Waals surface area contributed by atoms with Gasteiger partial charge in [0.05, 0.1) is 6.20 Å². The van der Waals surface area contributed by atoms with Gasteiger partial charge in [0.2, 0.25) is 5.91 Å². The second-order valence-electron chi connectivity index (χ2n) is 2.87. The molecule has 0 aliphatic rings. The summed E-state index contributed by atoms with van der Waals surface area (Å²) >= 11 is 5.35. The van der Waals surface area contributed by atoms with Crippen LogP contribution < -0.4 is 5.32 Å². The van der Waals surface area contributed by atoms with Crippen molar-refractivity contribution in [2.75, 3.05) is 5.88 Å². The van der Waals surface area contributed by atoms with Gasteiger partial charge in [0.15, 0.2) is 0 Å². The fraction of sp³-hybridized carbons (Fsp3) is 0.500. The van der Waals surface area contributed by atoms with Gasteiger partial charge < -0.3 is 5.32 Å². The largest absolute Gasteiger partial charge is 0.333 e. The Bertz CT molecular complexity index is 297. The smallest absolute Gasteiger partial charge is 0.236 e. The zero-order valence-electron chi connectivity index (χ0n) is 7.62. The van der Waals surface area contributed by atoms with Gasteiger partial charge in [0.25, 0.3) is 0 Å². The van der Waals surface area contributed by atoms with E-state index in [1.165, 1.54) is 0 Å². The zero-order chi connectivity index (χ0) is 9.84. The molecule has 5 heteroatoms. The van der Waals surface area contributed by atoms with Gasteiger partial charge in [-0.15, -0.1) is 11.6 Å². The van der Waals surface area contributed by atoms with Crippen LogP contribution in [-0.2, 0) is 4.79 Å². The maximum absolute atomic E-state index is 10.9.